The second kappa shape index (κ2) is 15.8. The lowest BCUT2D eigenvalue weighted by molar-refractivity contribution is -0.279. The number of rotatable bonds is 14. The number of esters is 3. The van der Waals surface area contributed by atoms with Gasteiger partial charge in [-0.2, -0.15) is 0 Å². The molecule has 1 N–H and O–H groups in total. The van der Waals surface area contributed by atoms with Crippen LogP contribution in [0.1, 0.15) is 27.7 Å². The average molecular weight is 498 g/mol. The predicted octanol–water partition coefficient (Wildman–Crippen LogP) is -0.0689. The number of nitrogens with one attached hydrogen (secondary N) is 1. The average Bonchev–Trinajstić information content (AvgIpc) is 2.71. The Bertz CT molecular complexity index is 648. The molecule has 1 rings (SSSR count). The van der Waals surface area contributed by atoms with E-state index in [9.17, 15) is 19.2 Å². The first-order valence-corrected chi connectivity index (χ1v) is 10.9. The highest BCUT2D eigenvalue weighted by Crippen LogP contribution is 2.28. The molecule has 12 nitrogen and oxygen atoms in total. The van der Waals surface area contributed by atoms with Gasteiger partial charge in [-0.15, -0.1) is 11.6 Å². The molecule has 190 valence electrons. The van der Waals surface area contributed by atoms with Crippen molar-refractivity contribution in [3.8, 4) is 0 Å². The summed E-state index contributed by atoms with van der Waals surface area (Å²) in [4.78, 5) is 46.6. The normalized spacial score (nSPS) is 24.6. The Labute approximate surface area is 197 Å². The van der Waals surface area contributed by atoms with E-state index in [4.69, 9.17) is 44.8 Å². The van der Waals surface area contributed by atoms with Gasteiger partial charge in [-0.3, -0.25) is 19.2 Å². The van der Waals surface area contributed by atoms with Crippen LogP contribution in [0.2, 0.25) is 0 Å². The Hall–Kier alpha value is -1.99. The van der Waals surface area contributed by atoms with Crippen LogP contribution in [0, 0.1) is 0 Å². The summed E-state index contributed by atoms with van der Waals surface area (Å²) < 4.78 is 37.9. The van der Waals surface area contributed by atoms with Crippen molar-refractivity contribution in [1.29, 1.82) is 0 Å². The molecule has 0 aromatic rings. The molecule has 0 aromatic carbocycles. The van der Waals surface area contributed by atoms with Crippen LogP contribution in [0.5, 0.6) is 0 Å². The largest absolute Gasteiger partial charge is 0.463 e. The third-order valence-electron chi connectivity index (χ3n) is 4.17. The molecule has 1 heterocycles. The van der Waals surface area contributed by atoms with Crippen molar-refractivity contribution in [2.45, 2.75) is 58.3 Å². The number of carbonyl (C=O) groups excluding carboxylic acids is 4. The molecule has 1 amide bonds. The summed E-state index contributed by atoms with van der Waals surface area (Å²) in [7, 11) is 0. The van der Waals surface area contributed by atoms with Crippen molar-refractivity contribution >= 4 is 35.4 Å². The molecule has 0 radical (unpaired) electrons. The van der Waals surface area contributed by atoms with E-state index in [1.54, 1.807) is 0 Å². The number of hydrogen-bond donors (Lipinski definition) is 1. The molecule has 0 bridgehead atoms. The minimum Gasteiger partial charge on any atom is -0.463 e. The second-order valence-corrected chi connectivity index (χ2v) is 7.38. The van der Waals surface area contributed by atoms with E-state index in [0.717, 1.165) is 6.92 Å². The molecule has 0 unspecified atom stereocenters. The third-order valence-corrected chi connectivity index (χ3v) is 4.33. The zero-order valence-electron chi connectivity index (χ0n) is 19.2. The predicted molar refractivity (Wildman–Crippen MR) is 112 cm³/mol. The first-order valence-electron chi connectivity index (χ1n) is 10.4. The minimum absolute atomic E-state index is 0.0571. The van der Waals surface area contributed by atoms with Crippen LogP contribution in [-0.2, 0) is 52.3 Å². The fourth-order valence-corrected chi connectivity index (χ4v) is 3.14. The summed E-state index contributed by atoms with van der Waals surface area (Å²) >= 11 is 5.52. The molecule has 1 saturated heterocycles. The van der Waals surface area contributed by atoms with E-state index in [1.807, 2.05) is 0 Å². The highest BCUT2D eigenvalue weighted by Gasteiger charge is 2.51. The number of ether oxygens (including phenoxy) is 7. The summed E-state index contributed by atoms with van der Waals surface area (Å²) in [6.07, 6.45) is -4.49. The highest BCUT2D eigenvalue weighted by molar-refractivity contribution is 6.17. The molecular formula is C20H32ClNO11. The van der Waals surface area contributed by atoms with E-state index >= 15 is 0 Å². The van der Waals surface area contributed by atoms with Crippen molar-refractivity contribution in [2.75, 3.05) is 45.5 Å². The third kappa shape index (κ3) is 11.6. The molecule has 5 atom stereocenters. The molecule has 0 saturated carbocycles. The second-order valence-electron chi connectivity index (χ2n) is 7.00. The van der Waals surface area contributed by atoms with Gasteiger partial charge in [0.05, 0.1) is 33.0 Å². The van der Waals surface area contributed by atoms with Gasteiger partial charge in [-0.1, -0.05) is 0 Å². The van der Waals surface area contributed by atoms with Gasteiger partial charge in [0.1, 0.15) is 18.8 Å². The highest BCUT2D eigenvalue weighted by atomic mass is 35.5. The van der Waals surface area contributed by atoms with Crippen LogP contribution in [0.15, 0.2) is 0 Å². The summed E-state index contributed by atoms with van der Waals surface area (Å²) in [6.45, 7) is 5.84. The van der Waals surface area contributed by atoms with Gasteiger partial charge < -0.3 is 38.5 Å². The molecule has 0 spiro atoms. The monoisotopic (exact) mass is 497 g/mol. The van der Waals surface area contributed by atoms with Crippen LogP contribution in [0.4, 0.5) is 0 Å². The number of halogens is 1. The number of carbonyl (C=O) groups is 4. The first-order chi connectivity index (χ1) is 15.6. The zero-order chi connectivity index (χ0) is 24.8. The zero-order valence-corrected chi connectivity index (χ0v) is 20.0. The van der Waals surface area contributed by atoms with Crippen LogP contribution in [-0.4, -0.2) is 100.0 Å². The van der Waals surface area contributed by atoms with E-state index in [-0.39, 0.29) is 19.8 Å². The molecular weight excluding hydrogens is 466 g/mol. The fourth-order valence-electron chi connectivity index (χ4n) is 3.03. The lowest BCUT2D eigenvalue weighted by Gasteiger charge is -2.44. The molecule has 0 aromatic heterocycles. The topological polar surface area (TPSA) is 145 Å². The molecule has 1 fully saturated rings. The molecule has 33 heavy (non-hydrogen) atoms. The van der Waals surface area contributed by atoms with Gasteiger partial charge >= 0.3 is 17.9 Å². The molecule has 13 heteroatoms. The van der Waals surface area contributed by atoms with Crippen molar-refractivity contribution in [3.63, 3.8) is 0 Å². The van der Waals surface area contributed by atoms with E-state index < -0.39 is 54.5 Å². The van der Waals surface area contributed by atoms with E-state index in [0.29, 0.717) is 25.7 Å². The molecule has 0 aliphatic carbocycles. The maximum absolute atomic E-state index is 11.8. The van der Waals surface area contributed by atoms with Gasteiger partial charge in [0, 0.05) is 33.6 Å². The Morgan fingerprint density at radius 3 is 1.94 bits per heavy atom. The van der Waals surface area contributed by atoms with Crippen molar-refractivity contribution in [2.24, 2.45) is 0 Å². The minimum atomic E-state index is -1.17. The first kappa shape index (κ1) is 29.0. The van der Waals surface area contributed by atoms with Crippen LogP contribution in [0.25, 0.3) is 0 Å². The van der Waals surface area contributed by atoms with Gasteiger partial charge in [-0.25, -0.2) is 0 Å². The lowest BCUT2D eigenvalue weighted by atomic mass is 9.96. The number of amides is 1. The number of alkyl halides is 1. The van der Waals surface area contributed by atoms with Crippen LogP contribution >= 0.6 is 11.6 Å². The standard InChI is InChI=1S/C20H32ClNO11/c1-12(23)22-17-19(32-15(4)26)18(31-14(3)25)16(11-30-13(2)24)33-20(17)29-10-9-28-8-7-27-6-5-21/h16-20H,5-11H2,1-4H3,(H,22,23)/t16-,17+,18-,19-,20-/m1/s1. The summed E-state index contributed by atoms with van der Waals surface area (Å²) in [5.41, 5.74) is 0. The fraction of sp³-hybridized carbons (Fsp3) is 0.800. The SMILES string of the molecule is CC(=O)N[C@@H]1[C@H](OCCOCCOCCCl)O[C@H](COC(C)=O)[C@@H](OC(C)=O)[C@@H]1OC(C)=O. The quantitative estimate of drug-likeness (QED) is 0.149. The van der Waals surface area contributed by atoms with Crippen LogP contribution in [0.3, 0.4) is 0 Å². The van der Waals surface area contributed by atoms with Gasteiger partial charge in [0.2, 0.25) is 5.91 Å². The van der Waals surface area contributed by atoms with Gasteiger partial charge in [0.15, 0.2) is 18.5 Å². The number of hydrogen-bond acceptors (Lipinski definition) is 11. The maximum Gasteiger partial charge on any atom is 0.303 e. The molecule has 1 aliphatic heterocycles. The van der Waals surface area contributed by atoms with Crippen molar-refractivity contribution < 1.29 is 52.3 Å². The van der Waals surface area contributed by atoms with Gasteiger partial charge in [-0.05, 0) is 0 Å². The smallest absolute Gasteiger partial charge is 0.303 e. The van der Waals surface area contributed by atoms with E-state index in [2.05, 4.69) is 5.32 Å². The Balaban J connectivity index is 2.95. The van der Waals surface area contributed by atoms with Gasteiger partial charge in [0.25, 0.3) is 0 Å². The summed E-state index contributed by atoms with van der Waals surface area (Å²) in [5, 5.41) is 2.61. The van der Waals surface area contributed by atoms with Crippen molar-refractivity contribution in [3.05, 3.63) is 0 Å². The van der Waals surface area contributed by atoms with Crippen molar-refractivity contribution in [1.82, 2.24) is 5.32 Å². The summed E-state index contributed by atoms with van der Waals surface area (Å²) in [6, 6.07) is -1.02. The molecule has 1 aliphatic rings. The van der Waals surface area contributed by atoms with Crippen LogP contribution < -0.4 is 5.32 Å². The lowest BCUT2D eigenvalue weighted by Crippen LogP contribution is -2.66. The summed E-state index contributed by atoms with van der Waals surface area (Å²) in [5.74, 6) is -2.02. The Kier molecular flexibility index (Phi) is 13.9. The van der Waals surface area contributed by atoms with E-state index in [1.165, 1.54) is 20.8 Å². The maximum atomic E-state index is 11.8. The Morgan fingerprint density at radius 1 is 0.818 bits per heavy atom. The Morgan fingerprint density at radius 2 is 1.39 bits per heavy atom.